The number of aromatic nitrogens is 3. The predicted molar refractivity (Wildman–Crippen MR) is 45.2 cm³/mol. The van der Waals surface area contributed by atoms with Crippen molar-refractivity contribution in [2.24, 2.45) is 0 Å². The first-order valence-corrected chi connectivity index (χ1v) is 4.04. The molecule has 2 aromatic rings. The third kappa shape index (κ3) is 1.23. The smallest absolute Gasteiger partial charge is 0.221 e. The molecule has 2 heterocycles. The fourth-order valence-electron chi connectivity index (χ4n) is 0.825. The lowest BCUT2D eigenvalue weighted by Crippen LogP contribution is -1.85. The second-order valence-corrected chi connectivity index (χ2v) is 2.94. The average molecular weight is 226 g/mol. The zero-order valence-corrected chi connectivity index (χ0v) is 7.52. The standard InChI is InChI=1S/C7H4BrN3O/c8-5-2-1-3-9-6(5)7-10-4-12-11-7/h1-4H. The quantitative estimate of drug-likeness (QED) is 0.744. The Hall–Kier alpha value is -1.23. The van der Waals surface area contributed by atoms with Crippen LogP contribution >= 0.6 is 15.9 Å². The summed E-state index contributed by atoms with van der Waals surface area (Å²) in [5.41, 5.74) is 0.686. The van der Waals surface area contributed by atoms with Crippen LogP contribution in [0.2, 0.25) is 0 Å². The fraction of sp³-hybridized carbons (Fsp3) is 0. The van der Waals surface area contributed by atoms with E-state index in [2.05, 4.69) is 35.6 Å². The molecule has 0 aliphatic rings. The van der Waals surface area contributed by atoms with Crippen molar-refractivity contribution in [3.05, 3.63) is 29.2 Å². The molecule has 0 radical (unpaired) electrons. The number of pyridine rings is 1. The van der Waals surface area contributed by atoms with Gasteiger partial charge in [-0.3, -0.25) is 4.98 Å². The van der Waals surface area contributed by atoms with Gasteiger partial charge in [0.05, 0.1) is 0 Å². The Bertz CT molecular complexity index is 374. The number of hydrogen-bond acceptors (Lipinski definition) is 4. The topological polar surface area (TPSA) is 51.8 Å². The van der Waals surface area contributed by atoms with E-state index in [1.807, 2.05) is 12.1 Å². The molecule has 0 unspecified atom stereocenters. The summed E-state index contributed by atoms with van der Waals surface area (Å²) < 4.78 is 5.46. The van der Waals surface area contributed by atoms with Crippen LogP contribution in [0.1, 0.15) is 0 Å². The van der Waals surface area contributed by atoms with Crippen LogP contribution in [-0.4, -0.2) is 15.1 Å². The van der Waals surface area contributed by atoms with E-state index in [9.17, 15) is 0 Å². The molecule has 0 aliphatic heterocycles. The Morgan fingerprint density at radius 2 is 2.25 bits per heavy atom. The van der Waals surface area contributed by atoms with Crippen molar-refractivity contribution in [1.82, 2.24) is 15.1 Å². The van der Waals surface area contributed by atoms with E-state index in [4.69, 9.17) is 0 Å². The minimum atomic E-state index is 0.488. The Morgan fingerprint density at radius 1 is 1.33 bits per heavy atom. The molecule has 4 nitrogen and oxygen atoms in total. The third-order valence-corrected chi connectivity index (χ3v) is 1.97. The van der Waals surface area contributed by atoms with Gasteiger partial charge < -0.3 is 4.52 Å². The number of halogens is 1. The van der Waals surface area contributed by atoms with Crippen LogP contribution in [0, 0.1) is 0 Å². The van der Waals surface area contributed by atoms with Gasteiger partial charge in [-0.05, 0) is 28.1 Å². The monoisotopic (exact) mass is 225 g/mol. The van der Waals surface area contributed by atoms with E-state index in [1.165, 1.54) is 6.39 Å². The van der Waals surface area contributed by atoms with Gasteiger partial charge in [-0.25, -0.2) is 0 Å². The van der Waals surface area contributed by atoms with Crippen molar-refractivity contribution < 1.29 is 4.52 Å². The van der Waals surface area contributed by atoms with Gasteiger partial charge in [0.1, 0.15) is 5.69 Å². The van der Waals surface area contributed by atoms with Gasteiger partial charge in [0, 0.05) is 10.7 Å². The van der Waals surface area contributed by atoms with Crippen LogP contribution < -0.4 is 0 Å². The molecule has 0 atom stereocenters. The first-order chi connectivity index (χ1) is 5.88. The van der Waals surface area contributed by atoms with Crippen LogP contribution in [0.5, 0.6) is 0 Å². The Kier molecular flexibility index (Phi) is 1.87. The highest BCUT2D eigenvalue weighted by Crippen LogP contribution is 2.21. The summed E-state index contributed by atoms with van der Waals surface area (Å²) in [7, 11) is 0. The molecule has 0 aromatic carbocycles. The molecule has 0 saturated carbocycles. The second-order valence-electron chi connectivity index (χ2n) is 2.09. The van der Waals surface area contributed by atoms with Crippen molar-refractivity contribution in [3.63, 3.8) is 0 Å². The van der Waals surface area contributed by atoms with Gasteiger partial charge in [-0.15, -0.1) is 0 Å². The predicted octanol–water partition coefficient (Wildman–Crippen LogP) is 1.89. The molecule has 0 saturated heterocycles. The molecule has 0 aliphatic carbocycles. The van der Waals surface area contributed by atoms with E-state index in [1.54, 1.807) is 6.20 Å². The van der Waals surface area contributed by atoms with Crippen molar-refractivity contribution in [2.75, 3.05) is 0 Å². The van der Waals surface area contributed by atoms with E-state index in [-0.39, 0.29) is 0 Å². The normalized spacial score (nSPS) is 10.1. The Balaban J connectivity index is 2.55. The van der Waals surface area contributed by atoms with Gasteiger partial charge >= 0.3 is 0 Å². The summed E-state index contributed by atoms with van der Waals surface area (Å²) in [5, 5.41) is 3.67. The van der Waals surface area contributed by atoms with Gasteiger partial charge in [0.25, 0.3) is 0 Å². The summed E-state index contributed by atoms with van der Waals surface area (Å²) in [6, 6.07) is 3.70. The molecule has 5 heteroatoms. The Morgan fingerprint density at radius 3 is 2.92 bits per heavy atom. The maximum absolute atomic E-state index is 4.60. The van der Waals surface area contributed by atoms with E-state index >= 15 is 0 Å². The summed E-state index contributed by atoms with van der Waals surface area (Å²) in [5.74, 6) is 0.488. The van der Waals surface area contributed by atoms with Crippen LogP contribution in [-0.2, 0) is 0 Å². The van der Waals surface area contributed by atoms with Gasteiger partial charge in [0.2, 0.25) is 12.2 Å². The molecule has 0 bridgehead atoms. The summed E-state index contributed by atoms with van der Waals surface area (Å²) in [4.78, 5) is 7.97. The molecule has 0 spiro atoms. The van der Waals surface area contributed by atoms with E-state index < -0.39 is 0 Å². The molecular weight excluding hydrogens is 222 g/mol. The van der Waals surface area contributed by atoms with Gasteiger partial charge in [0.15, 0.2) is 0 Å². The zero-order valence-electron chi connectivity index (χ0n) is 5.94. The lowest BCUT2D eigenvalue weighted by molar-refractivity contribution is 0.418. The number of rotatable bonds is 1. The first-order valence-electron chi connectivity index (χ1n) is 3.25. The Labute approximate surface area is 76.8 Å². The third-order valence-electron chi connectivity index (χ3n) is 1.33. The highest BCUT2D eigenvalue weighted by Gasteiger charge is 2.07. The minimum Gasteiger partial charge on any atom is -0.342 e. The SMILES string of the molecule is Brc1cccnc1-c1ncon1. The van der Waals surface area contributed by atoms with Crippen molar-refractivity contribution >= 4 is 15.9 Å². The highest BCUT2D eigenvalue weighted by atomic mass is 79.9. The second kappa shape index (κ2) is 3.02. The maximum atomic E-state index is 4.60. The minimum absolute atomic E-state index is 0.488. The van der Waals surface area contributed by atoms with Crippen LogP contribution in [0.15, 0.2) is 33.7 Å². The summed E-state index contributed by atoms with van der Waals surface area (Å²) in [6.45, 7) is 0. The zero-order chi connectivity index (χ0) is 8.39. The molecule has 0 N–H and O–H groups in total. The molecule has 2 aromatic heterocycles. The number of hydrogen-bond donors (Lipinski definition) is 0. The lowest BCUT2D eigenvalue weighted by Gasteiger charge is -1.94. The summed E-state index contributed by atoms with van der Waals surface area (Å²) >= 11 is 3.33. The van der Waals surface area contributed by atoms with E-state index in [0.717, 1.165) is 4.47 Å². The maximum Gasteiger partial charge on any atom is 0.221 e. The van der Waals surface area contributed by atoms with Crippen LogP contribution in [0.3, 0.4) is 0 Å². The summed E-state index contributed by atoms with van der Waals surface area (Å²) in [6.07, 6.45) is 2.95. The van der Waals surface area contributed by atoms with Gasteiger partial charge in [-0.2, -0.15) is 4.98 Å². The molecular formula is C7H4BrN3O. The van der Waals surface area contributed by atoms with Crippen molar-refractivity contribution in [1.29, 1.82) is 0 Å². The van der Waals surface area contributed by atoms with Crippen molar-refractivity contribution in [2.45, 2.75) is 0 Å². The fourth-order valence-corrected chi connectivity index (χ4v) is 1.26. The van der Waals surface area contributed by atoms with Crippen LogP contribution in [0.4, 0.5) is 0 Å². The van der Waals surface area contributed by atoms with E-state index in [0.29, 0.717) is 11.5 Å². The van der Waals surface area contributed by atoms with Crippen LogP contribution in [0.25, 0.3) is 11.5 Å². The molecule has 2 rings (SSSR count). The molecule has 0 fully saturated rings. The number of nitrogens with zero attached hydrogens (tertiary/aromatic N) is 3. The molecule has 60 valence electrons. The highest BCUT2D eigenvalue weighted by molar-refractivity contribution is 9.10. The van der Waals surface area contributed by atoms with Gasteiger partial charge in [-0.1, -0.05) is 5.16 Å². The first kappa shape index (κ1) is 7.42. The van der Waals surface area contributed by atoms with Crippen molar-refractivity contribution in [3.8, 4) is 11.5 Å². The largest absolute Gasteiger partial charge is 0.342 e. The lowest BCUT2D eigenvalue weighted by atomic mass is 10.3. The molecule has 0 amide bonds. The molecule has 12 heavy (non-hydrogen) atoms. The average Bonchev–Trinajstić information content (AvgIpc) is 2.57.